The second kappa shape index (κ2) is 13.3. The highest BCUT2D eigenvalue weighted by Gasteiger charge is 2.26. The van der Waals surface area contributed by atoms with E-state index >= 15 is 0 Å². The van der Waals surface area contributed by atoms with Crippen molar-refractivity contribution in [2.45, 2.75) is 13.0 Å². The van der Waals surface area contributed by atoms with Crippen molar-refractivity contribution in [2.24, 2.45) is 0 Å². The number of carbonyl (C=O) groups is 2. The number of amides is 1. The first kappa shape index (κ1) is 29.4. The first-order valence-corrected chi connectivity index (χ1v) is 15.0. The Bertz CT molecular complexity index is 1850. The van der Waals surface area contributed by atoms with Gasteiger partial charge in [-0.3, -0.25) is 14.4 Å². The first-order valence-electron chi connectivity index (χ1n) is 15.0. The topological polar surface area (TPSA) is 87.8 Å². The molecule has 8 nitrogen and oxygen atoms in total. The van der Waals surface area contributed by atoms with Gasteiger partial charge < -0.3 is 24.0 Å². The summed E-state index contributed by atoms with van der Waals surface area (Å²) in [5, 5.41) is 11.0. The lowest BCUT2D eigenvalue weighted by atomic mass is 10.0. The van der Waals surface area contributed by atoms with E-state index in [-0.39, 0.29) is 5.56 Å². The molecule has 1 saturated heterocycles. The van der Waals surface area contributed by atoms with Crippen LogP contribution in [0.25, 0.3) is 11.4 Å². The van der Waals surface area contributed by atoms with Crippen LogP contribution in [0, 0.1) is 0 Å². The maximum Gasteiger partial charge on any atom is 0.294 e. The average Bonchev–Trinajstić information content (AvgIpc) is 3.62. The molecule has 0 saturated carbocycles. The van der Waals surface area contributed by atoms with Crippen LogP contribution >= 0.6 is 0 Å². The third-order valence-corrected chi connectivity index (χ3v) is 8.03. The zero-order valence-electron chi connectivity index (χ0n) is 24.8. The van der Waals surface area contributed by atoms with E-state index in [1.807, 2.05) is 102 Å². The molecule has 5 aromatic rings. The number of carbonyl (C=O) groups excluding carboxylic acids is 2. The molecule has 8 heteroatoms. The molecule has 3 heterocycles. The molecule has 1 N–H and O–H groups in total. The van der Waals surface area contributed by atoms with Crippen LogP contribution < -0.4 is 10.5 Å². The van der Waals surface area contributed by atoms with Crippen LogP contribution in [0.1, 0.15) is 22.3 Å². The predicted octanol–water partition coefficient (Wildman–Crippen LogP) is 5.09. The Labute approximate surface area is 261 Å². The van der Waals surface area contributed by atoms with Crippen LogP contribution in [0.15, 0.2) is 133 Å². The fraction of sp³-hybridized carbons (Fsp3) is 0.162. The van der Waals surface area contributed by atoms with Crippen LogP contribution in [0.5, 0.6) is 0 Å². The van der Waals surface area contributed by atoms with E-state index in [0.717, 1.165) is 34.1 Å². The minimum absolute atomic E-state index is 0.0197. The number of nitrogens with zero attached hydrogens (tertiary/aromatic N) is 4. The number of ketones is 1. The van der Waals surface area contributed by atoms with Crippen molar-refractivity contribution in [1.82, 2.24) is 14.0 Å². The largest absolute Gasteiger partial charge is 0.507 e. The maximum absolute atomic E-state index is 13.5. The maximum atomic E-state index is 13.5. The number of anilines is 1. The van der Waals surface area contributed by atoms with E-state index < -0.39 is 23.0 Å². The number of aliphatic hydroxyl groups excluding tert-OH is 1. The molecule has 6 rings (SSSR count). The van der Waals surface area contributed by atoms with Crippen molar-refractivity contribution >= 4 is 23.1 Å². The van der Waals surface area contributed by atoms with Crippen molar-refractivity contribution in [1.29, 1.82) is 0 Å². The van der Waals surface area contributed by atoms with Gasteiger partial charge in [0.05, 0.1) is 12.1 Å². The normalized spacial score (nSPS) is 13.6. The number of pyridine rings is 1. The summed E-state index contributed by atoms with van der Waals surface area (Å²) in [6.45, 7) is 2.19. The second-order valence-electron chi connectivity index (χ2n) is 11.1. The Kier molecular flexibility index (Phi) is 8.73. The Hall–Kier alpha value is -5.63. The van der Waals surface area contributed by atoms with Crippen molar-refractivity contribution in [3.63, 3.8) is 0 Å². The number of rotatable bonds is 9. The predicted molar refractivity (Wildman–Crippen MR) is 176 cm³/mol. The van der Waals surface area contributed by atoms with Gasteiger partial charge in [0.15, 0.2) is 0 Å². The lowest BCUT2D eigenvalue weighted by Crippen LogP contribution is -2.50. The minimum atomic E-state index is -0.862. The van der Waals surface area contributed by atoms with Crippen LogP contribution in [0.2, 0.25) is 0 Å². The summed E-state index contributed by atoms with van der Waals surface area (Å²) in [4.78, 5) is 43.3. The monoisotopic (exact) mass is 598 g/mol. The molecule has 0 aliphatic carbocycles. The average molecular weight is 599 g/mol. The molecule has 0 atom stereocenters. The first-order chi connectivity index (χ1) is 21.9. The van der Waals surface area contributed by atoms with Crippen molar-refractivity contribution in [3.05, 3.63) is 160 Å². The third kappa shape index (κ3) is 6.96. The van der Waals surface area contributed by atoms with Gasteiger partial charge >= 0.3 is 0 Å². The minimum Gasteiger partial charge on any atom is -0.507 e. The molecule has 3 aromatic carbocycles. The Balaban J connectivity index is 1.16. The number of benzene rings is 3. The molecule has 0 spiro atoms. The number of hydrogen-bond acceptors (Lipinski definition) is 5. The highest BCUT2D eigenvalue weighted by atomic mass is 16.3. The fourth-order valence-corrected chi connectivity index (χ4v) is 5.64. The molecule has 45 heavy (non-hydrogen) atoms. The SMILES string of the molecule is O=C(C=C(O)c1cc(Cc2ccccc2)cn(Cc2ccccc2)c1=O)C(=O)N1CCN(c2ccc(-n3cccc3)cc2)CC1. The second-order valence-corrected chi connectivity index (χ2v) is 11.1. The van der Waals surface area contributed by atoms with E-state index in [0.29, 0.717) is 39.1 Å². The van der Waals surface area contributed by atoms with E-state index in [2.05, 4.69) is 17.0 Å². The zero-order valence-corrected chi connectivity index (χ0v) is 24.8. The summed E-state index contributed by atoms with van der Waals surface area (Å²) >= 11 is 0. The van der Waals surface area contributed by atoms with E-state index in [1.165, 1.54) is 9.47 Å². The lowest BCUT2D eigenvalue weighted by molar-refractivity contribution is -0.142. The summed E-state index contributed by atoms with van der Waals surface area (Å²) in [5.74, 6) is -2.08. The summed E-state index contributed by atoms with van der Waals surface area (Å²) in [5.41, 5.74) is 4.40. The zero-order chi connectivity index (χ0) is 31.2. The summed E-state index contributed by atoms with van der Waals surface area (Å²) < 4.78 is 3.57. The van der Waals surface area contributed by atoms with Gasteiger partial charge in [-0.05, 0) is 65.6 Å². The van der Waals surface area contributed by atoms with Gasteiger partial charge in [-0.25, -0.2) is 0 Å². The fourth-order valence-electron chi connectivity index (χ4n) is 5.64. The standard InChI is InChI=1S/C37H34N4O4/c42-34(33-24-30(23-28-9-3-1-4-10-28)27-41(36(33)44)26-29-11-5-2-6-12-29)25-35(43)37(45)40-21-19-39(20-22-40)32-15-13-31(14-16-32)38-17-7-8-18-38/h1-18,24-25,27,42H,19-23,26H2. The molecule has 2 aromatic heterocycles. The lowest BCUT2D eigenvalue weighted by Gasteiger charge is -2.35. The quantitative estimate of drug-likeness (QED) is 0.145. The van der Waals surface area contributed by atoms with E-state index in [9.17, 15) is 19.5 Å². The Morgan fingerprint density at radius 3 is 1.96 bits per heavy atom. The molecule has 1 aliphatic heterocycles. The Morgan fingerprint density at radius 2 is 1.31 bits per heavy atom. The van der Waals surface area contributed by atoms with Gasteiger partial charge in [-0.1, -0.05) is 60.7 Å². The summed E-state index contributed by atoms with van der Waals surface area (Å²) in [6.07, 6.45) is 7.17. The third-order valence-electron chi connectivity index (χ3n) is 8.03. The van der Waals surface area contributed by atoms with Gasteiger partial charge in [0.2, 0.25) is 5.78 Å². The summed E-state index contributed by atoms with van der Waals surface area (Å²) in [7, 11) is 0. The van der Waals surface area contributed by atoms with Crippen molar-refractivity contribution < 1.29 is 14.7 Å². The van der Waals surface area contributed by atoms with Gasteiger partial charge in [-0.2, -0.15) is 0 Å². The van der Waals surface area contributed by atoms with Gasteiger partial charge in [0, 0.05) is 62.2 Å². The molecule has 1 amide bonds. The number of piperazine rings is 1. The van der Waals surface area contributed by atoms with Crippen LogP contribution in [-0.4, -0.2) is 57.0 Å². The molecule has 1 fully saturated rings. The van der Waals surface area contributed by atoms with Crippen LogP contribution in [0.3, 0.4) is 0 Å². The smallest absolute Gasteiger partial charge is 0.294 e. The van der Waals surface area contributed by atoms with Crippen LogP contribution in [-0.2, 0) is 22.6 Å². The van der Waals surface area contributed by atoms with Crippen molar-refractivity contribution in [3.8, 4) is 5.69 Å². The number of aromatic nitrogens is 2. The van der Waals surface area contributed by atoms with Gasteiger partial charge in [0.1, 0.15) is 5.76 Å². The molecule has 0 radical (unpaired) electrons. The van der Waals surface area contributed by atoms with Gasteiger partial charge in [0.25, 0.3) is 11.5 Å². The van der Waals surface area contributed by atoms with Crippen molar-refractivity contribution in [2.75, 3.05) is 31.1 Å². The molecule has 1 aliphatic rings. The van der Waals surface area contributed by atoms with Crippen LogP contribution in [0.4, 0.5) is 5.69 Å². The highest BCUT2D eigenvalue weighted by molar-refractivity contribution is 6.41. The van der Waals surface area contributed by atoms with E-state index in [4.69, 9.17) is 0 Å². The summed E-state index contributed by atoms with van der Waals surface area (Å²) in [6, 6.07) is 33.1. The molecule has 0 bridgehead atoms. The van der Waals surface area contributed by atoms with E-state index in [1.54, 1.807) is 12.3 Å². The molecular weight excluding hydrogens is 564 g/mol. The highest BCUT2D eigenvalue weighted by Crippen LogP contribution is 2.20. The number of aliphatic hydroxyl groups is 1. The molecule has 226 valence electrons. The molecular formula is C37H34N4O4. The Morgan fingerprint density at radius 1 is 0.711 bits per heavy atom. The number of hydrogen-bond donors (Lipinski definition) is 1. The molecule has 0 unspecified atom stereocenters. The van der Waals surface area contributed by atoms with Gasteiger partial charge in [-0.15, -0.1) is 0 Å².